The molecular formula is C42H32O6S2. The monoisotopic (exact) mass is 696 g/mol. The van der Waals surface area contributed by atoms with E-state index in [1.807, 2.05) is 85.8 Å². The van der Waals surface area contributed by atoms with Gasteiger partial charge in [-0.3, -0.25) is 0 Å². The Morgan fingerprint density at radius 2 is 0.760 bits per heavy atom. The predicted octanol–water partition coefficient (Wildman–Crippen LogP) is 9.99. The van der Waals surface area contributed by atoms with E-state index in [1.165, 1.54) is 0 Å². The van der Waals surface area contributed by atoms with Gasteiger partial charge >= 0.3 is 0 Å². The van der Waals surface area contributed by atoms with E-state index in [-0.39, 0.29) is 19.6 Å². The number of hydrogen-bond acceptors (Lipinski definition) is 6. The summed E-state index contributed by atoms with van der Waals surface area (Å²) in [5.74, 6) is 2.22. The standard InChI is InChI=1S/C42H32O6S2/c1-30-7-19-39(20-8-30)49(43,44)41-23-15-35(16-24-41)47-37-13-11-34-29-38(14-12-33(34)28-37)48-36-17-25-42(26-18-36)50(45,46)40-21-9-32(10-22-40)27-31-5-3-2-4-6-31/h2-26,28-29H,27H2,1H3. The molecule has 7 aromatic carbocycles. The van der Waals surface area contributed by atoms with Crippen molar-refractivity contribution in [3.63, 3.8) is 0 Å². The highest BCUT2D eigenvalue weighted by Gasteiger charge is 2.19. The van der Waals surface area contributed by atoms with Crippen LogP contribution >= 0.6 is 0 Å². The van der Waals surface area contributed by atoms with Crippen LogP contribution in [-0.2, 0) is 26.1 Å². The molecule has 0 amide bonds. The largest absolute Gasteiger partial charge is 0.457 e. The van der Waals surface area contributed by atoms with Crippen molar-refractivity contribution >= 4 is 30.4 Å². The van der Waals surface area contributed by atoms with E-state index < -0.39 is 19.7 Å². The first-order chi connectivity index (χ1) is 24.1. The first-order valence-electron chi connectivity index (χ1n) is 15.9. The molecule has 0 saturated heterocycles. The quantitative estimate of drug-likeness (QED) is 0.142. The summed E-state index contributed by atoms with van der Waals surface area (Å²) in [6.45, 7) is 1.91. The number of rotatable bonds is 10. The average Bonchev–Trinajstić information content (AvgIpc) is 3.13. The number of sulfone groups is 2. The molecule has 248 valence electrons. The fourth-order valence-corrected chi connectivity index (χ4v) is 8.10. The second kappa shape index (κ2) is 13.7. The summed E-state index contributed by atoms with van der Waals surface area (Å²) < 4.78 is 64.7. The van der Waals surface area contributed by atoms with Crippen molar-refractivity contribution in [2.45, 2.75) is 32.9 Å². The van der Waals surface area contributed by atoms with Crippen LogP contribution in [0.2, 0.25) is 0 Å². The molecule has 0 atom stereocenters. The Hall–Kier alpha value is -5.70. The van der Waals surface area contributed by atoms with Crippen LogP contribution in [0.15, 0.2) is 183 Å². The van der Waals surface area contributed by atoms with Crippen molar-refractivity contribution in [3.05, 3.63) is 180 Å². The topological polar surface area (TPSA) is 86.7 Å². The Morgan fingerprint density at radius 3 is 1.20 bits per heavy atom. The summed E-state index contributed by atoms with van der Waals surface area (Å²) in [5, 5.41) is 1.84. The van der Waals surface area contributed by atoms with Gasteiger partial charge in [-0.15, -0.1) is 0 Å². The van der Waals surface area contributed by atoms with Gasteiger partial charge in [0.2, 0.25) is 19.7 Å². The van der Waals surface area contributed by atoms with Crippen LogP contribution in [-0.4, -0.2) is 16.8 Å². The van der Waals surface area contributed by atoms with Gasteiger partial charge in [0.05, 0.1) is 19.6 Å². The van der Waals surface area contributed by atoms with Crippen LogP contribution in [0, 0.1) is 6.92 Å². The number of fused-ring (bicyclic) bond motifs is 1. The van der Waals surface area contributed by atoms with E-state index in [0.29, 0.717) is 23.0 Å². The Balaban J connectivity index is 0.995. The number of hydrogen-bond donors (Lipinski definition) is 0. The summed E-state index contributed by atoms with van der Waals surface area (Å²) in [7, 11) is -7.32. The van der Waals surface area contributed by atoms with Crippen molar-refractivity contribution in [2.75, 3.05) is 0 Å². The van der Waals surface area contributed by atoms with Gasteiger partial charge in [-0.1, -0.05) is 72.3 Å². The van der Waals surface area contributed by atoms with Gasteiger partial charge in [0.1, 0.15) is 23.0 Å². The van der Waals surface area contributed by atoms with Crippen molar-refractivity contribution < 1.29 is 26.3 Å². The molecule has 0 aliphatic carbocycles. The molecule has 0 fully saturated rings. The maximum Gasteiger partial charge on any atom is 0.206 e. The van der Waals surface area contributed by atoms with Gasteiger partial charge < -0.3 is 9.47 Å². The lowest BCUT2D eigenvalue weighted by molar-refractivity contribution is 0.481. The third-order valence-electron chi connectivity index (χ3n) is 8.34. The molecule has 0 spiro atoms. The van der Waals surface area contributed by atoms with Crippen LogP contribution in [0.1, 0.15) is 16.7 Å². The molecule has 0 saturated carbocycles. The molecule has 7 rings (SSSR count). The minimum Gasteiger partial charge on any atom is -0.457 e. The lowest BCUT2D eigenvalue weighted by Crippen LogP contribution is -2.02. The smallest absolute Gasteiger partial charge is 0.206 e. The van der Waals surface area contributed by atoms with Gasteiger partial charge in [0.25, 0.3) is 0 Å². The molecule has 0 aliphatic heterocycles. The Kier molecular flexibility index (Phi) is 8.97. The van der Waals surface area contributed by atoms with Crippen molar-refractivity contribution in [1.82, 2.24) is 0 Å². The highest BCUT2D eigenvalue weighted by molar-refractivity contribution is 7.91. The van der Waals surface area contributed by atoms with Crippen molar-refractivity contribution in [3.8, 4) is 23.0 Å². The summed E-state index contributed by atoms with van der Waals surface area (Å²) in [5.41, 5.74) is 3.19. The molecule has 7 aromatic rings. The molecule has 6 nitrogen and oxygen atoms in total. The Morgan fingerprint density at radius 1 is 0.400 bits per heavy atom. The van der Waals surface area contributed by atoms with E-state index >= 15 is 0 Å². The normalized spacial score (nSPS) is 11.7. The minimum atomic E-state index is -3.69. The fraction of sp³-hybridized carbons (Fsp3) is 0.0476. The third-order valence-corrected chi connectivity index (χ3v) is 11.9. The number of aryl methyl sites for hydroxylation is 1. The molecule has 0 heterocycles. The number of ether oxygens (including phenoxy) is 2. The SMILES string of the molecule is Cc1ccc(S(=O)(=O)c2ccc(Oc3ccc4cc(Oc5ccc(S(=O)(=O)c6ccc(Cc7ccccc7)cc6)cc5)ccc4c3)cc2)cc1. The first kappa shape index (κ1) is 32.8. The zero-order valence-corrected chi connectivity index (χ0v) is 28.7. The van der Waals surface area contributed by atoms with Crippen LogP contribution in [0.3, 0.4) is 0 Å². The Labute approximate surface area is 292 Å². The van der Waals surface area contributed by atoms with E-state index in [9.17, 15) is 16.8 Å². The van der Waals surface area contributed by atoms with Gasteiger partial charge in [-0.2, -0.15) is 0 Å². The zero-order chi connectivity index (χ0) is 34.7. The van der Waals surface area contributed by atoms with Crippen molar-refractivity contribution in [2.24, 2.45) is 0 Å². The summed E-state index contributed by atoms with van der Waals surface area (Å²) >= 11 is 0. The molecule has 0 bridgehead atoms. The van der Waals surface area contributed by atoms with Crippen LogP contribution in [0.5, 0.6) is 23.0 Å². The van der Waals surface area contributed by atoms with E-state index in [4.69, 9.17) is 9.47 Å². The van der Waals surface area contributed by atoms with Crippen molar-refractivity contribution in [1.29, 1.82) is 0 Å². The summed E-state index contributed by atoms with van der Waals surface area (Å²) in [6.07, 6.45) is 0.733. The summed E-state index contributed by atoms with van der Waals surface area (Å²) in [4.78, 5) is 0.870. The van der Waals surface area contributed by atoms with Gasteiger partial charge in [-0.05, 0) is 132 Å². The molecule has 0 N–H and O–H groups in total. The molecule has 0 aromatic heterocycles. The van der Waals surface area contributed by atoms with E-state index in [2.05, 4.69) is 0 Å². The first-order valence-corrected chi connectivity index (χ1v) is 18.9. The molecular weight excluding hydrogens is 665 g/mol. The van der Waals surface area contributed by atoms with Crippen LogP contribution < -0.4 is 9.47 Å². The minimum absolute atomic E-state index is 0.189. The zero-order valence-electron chi connectivity index (χ0n) is 27.1. The lowest BCUT2D eigenvalue weighted by Gasteiger charge is -2.11. The summed E-state index contributed by atoms with van der Waals surface area (Å²) in [6, 6.07) is 47.9. The molecule has 0 unspecified atom stereocenters. The van der Waals surface area contributed by atoms with Crippen LogP contribution in [0.4, 0.5) is 0 Å². The molecule has 0 aliphatic rings. The predicted molar refractivity (Wildman–Crippen MR) is 195 cm³/mol. The molecule has 8 heteroatoms. The lowest BCUT2D eigenvalue weighted by atomic mass is 10.1. The highest BCUT2D eigenvalue weighted by atomic mass is 32.2. The second-order valence-electron chi connectivity index (χ2n) is 11.9. The van der Waals surface area contributed by atoms with E-state index in [0.717, 1.165) is 33.9 Å². The second-order valence-corrected chi connectivity index (χ2v) is 15.8. The number of benzene rings is 7. The maximum atomic E-state index is 13.3. The fourth-order valence-electron chi connectivity index (χ4n) is 5.58. The van der Waals surface area contributed by atoms with Gasteiger partial charge in [-0.25, -0.2) is 16.8 Å². The highest BCUT2D eigenvalue weighted by Crippen LogP contribution is 2.32. The molecule has 0 radical (unpaired) electrons. The van der Waals surface area contributed by atoms with Gasteiger partial charge in [0.15, 0.2) is 0 Å². The maximum absolute atomic E-state index is 13.3. The third kappa shape index (κ3) is 7.17. The van der Waals surface area contributed by atoms with Gasteiger partial charge in [0, 0.05) is 0 Å². The average molecular weight is 697 g/mol. The Bertz CT molecular complexity index is 2490. The van der Waals surface area contributed by atoms with E-state index in [1.54, 1.807) is 84.9 Å². The van der Waals surface area contributed by atoms with Crippen LogP contribution in [0.25, 0.3) is 10.8 Å². The molecule has 50 heavy (non-hydrogen) atoms.